The molecule has 0 amide bonds. The van der Waals surface area contributed by atoms with E-state index in [0.29, 0.717) is 5.82 Å². The van der Waals surface area contributed by atoms with Crippen LogP contribution in [0.2, 0.25) is 0 Å². The number of hydrogen-bond donors (Lipinski definition) is 3. The van der Waals surface area contributed by atoms with Crippen LogP contribution in [0.1, 0.15) is 6.42 Å². The van der Waals surface area contributed by atoms with E-state index in [1.54, 1.807) is 11.8 Å². The lowest BCUT2D eigenvalue weighted by atomic mass is 10.4. The SMILES string of the molecule is CSCCCNc1nc[nH]c(=O)c1N. The minimum Gasteiger partial charge on any atom is -0.391 e. The number of hydrogen-bond acceptors (Lipinski definition) is 5. The van der Waals surface area contributed by atoms with E-state index in [1.807, 2.05) is 0 Å². The molecular formula is C8H14N4OS. The van der Waals surface area contributed by atoms with Gasteiger partial charge in [-0.3, -0.25) is 4.79 Å². The molecule has 0 spiro atoms. The molecule has 0 aromatic carbocycles. The van der Waals surface area contributed by atoms with Crippen molar-refractivity contribution in [3.8, 4) is 0 Å². The molecule has 14 heavy (non-hydrogen) atoms. The van der Waals surface area contributed by atoms with Crippen molar-refractivity contribution in [3.05, 3.63) is 16.7 Å². The van der Waals surface area contributed by atoms with Crippen molar-refractivity contribution >= 4 is 23.3 Å². The van der Waals surface area contributed by atoms with Crippen LogP contribution >= 0.6 is 11.8 Å². The zero-order chi connectivity index (χ0) is 10.4. The minimum atomic E-state index is -0.299. The van der Waals surface area contributed by atoms with Crippen LogP contribution in [0.25, 0.3) is 0 Å². The first-order valence-corrected chi connectivity index (χ1v) is 5.71. The predicted octanol–water partition coefficient (Wildman–Crippen LogP) is 0.517. The van der Waals surface area contributed by atoms with Gasteiger partial charge >= 0.3 is 0 Å². The van der Waals surface area contributed by atoms with E-state index in [9.17, 15) is 4.79 Å². The van der Waals surface area contributed by atoms with Crippen molar-refractivity contribution in [2.24, 2.45) is 0 Å². The first-order chi connectivity index (χ1) is 6.75. The highest BCUT2D eigenvalue weighted by molar-refractivity contribution is 7.98. The lowest BCUT2D eigenvalue weighted by molar-refractivity contribution is 0.974. The number of H-pyrrole nitrogens is 1. The normalized spacial score (nSPS) is 10.1. The molecule has 78 valence electrons. The number of anilines is 2. The van der Waals surface area contributed by atoms with Gasteiger partial charge in [0.2, 0.25) is 0 Å². The Bertz CT molecular complexity index is 338. The van der Waals surface area contributed by atoms with E-state index < -0.39 is 0 Å². The van der Waals surface area contributed by atoms with Crippen LogP contribution in [0.5, 0.6) is 0 Å². The lowest BCUT2D eigenvalue weighted by Crippen LogP contribution is -2.16. The maximum atomic E-state index is 11.1. The number of nitrogens with two attached hydrogens (primary N) is 1. The number of rotatable bonds is 5. The third kappa shape index (κ3) is 2.95. The molecular weight excluding hydrogens is 200 g/mol. The monoisotopic (exact) mass is 214 g/mol. The molecule has 1 aromatic rings. The topological polar surface area (TPSA) is 83.8 Å². The highest BCUT2D eigenvalue weighted by atomic mass is 32.2. The zero-order valence-corrected chi connectivity index (χ0v) is 8.86. The van der Waals surface area contributed by atoms with Gasteiger partial charge in [-0.15, -0.1) is 0 Å². The molecule has 0 aliphatic heterocycles. The maximum Gasteiger partial charge on any atom is 0.276 e. The molecule has 1 aromatic heterocycles. The van der Waals surface area contributed by atoms with Crippen molar-refractivity contribution < 1.29 is 0 Å². The first-order valence-electron chi connectivity index (χ1n) is 4.31. The third-order valence-electron chi connectivity index (χ3n) is 1.71. The van der Waals surface area contributed by atoms with E-state index in [-0.39, 0.29) is 11.2 Å². The smallest absolute Gasteiger partial charge is 0.276 e. The molecule has 4 N–H and O–H groups in total. The Morgan fingerprint density at radius 1 is 1.71 bits per heavy atom. The lowest BCUT2D eigenvalue weighted by Gasteiger charge is -2.05. The summed E-state index contributed by atoms with van der Waals surface area (Å²) >= 11 is 1.78. The van der Waals surface area contributed by atoms with E-state index in [4.69, 9.17) is 5.73 Å². The first kappa shape index (κ1) is 10.9. The summed E-state index contributed by atoms with van der Waals surface area (Å²) in [6, 6.07) is 0. The van der Waals surface area contributed by atoms with Gasteiger partial charge in [-0.25, -0.2) is 4.98 Å². The summed E-state index contributed by atoms with van der Waals surface area (Å²) < 4.78 is 0. The fourth-order valence-electron chi connectivity index (χ4n) is 0.974. The van der Waals surface area contributed by atoms with Gasteiger partial charge in [0.15, 0.2) is 5.82 Å². The maximum absolute atomic E-state index is 11.1. The number of thioether (sulfide) groups is 1. The Kier molecular flexibility index (Phi) is 4.31. The summed E-state index contributed by atoms with van der Waals surface area (Å²) in [5.74, 6) is 1.55. The van der Waals surface area contributed by atoms with E-state index in [0.717, 1.165) is 18.7 Å². The average Bonchev–Trinajstić information content (AvgIpc) is 2.19. The molecule has 0 bridgehead atoms. The summed E-state index contributed by atoms with van der Waals surface area (Å²) in [4.78, 5) is 17.4. The van der Waals surface area contributed by atoms with E-state index in [1.165, 1.54) is 6.33 Å². The quantitative estimate of drug-likeness (QED) is 0.622. The van der Waals surface area contributed by atoms with Crippen molar-refractivity contribution in [1.82, 2.24) is 9.97 Å². The predicted molar refractivity (Wildman–Crippen MR) is 60.8 cm³/mol. The summed E-state index contributed by atoms with van der Waals surface area (Å²) in [5.41, 5.74) is 5.37. The summed E-state index contributed by atoms with van der Waals surface area (Å²) in [6.45, 7) is 0.779. The fraction of sp³-hybridized carbons (Fsp3) is 0.500. The Hall–Kier alpha value is -1.17. The largest absolute Gasteiger partial charge is 0.391 e. The van der Waals surface area contributed by atoms with Crippen molar-refractivity contribution in [2.75, 3.05) is 29.6 Å². The standard InChI is InChI=1S/C8H14N4OS/c1-14-4-2-3-10-7-6(9)8(13)12-5-11-7/h5H,2-4,9H2,1H3,(H2,10,11,12,13). The molecule has 0 atom stereocenters. The van der Waals surface area contributed by atoms with E-state index in [2.05, 4.69) is 21.5 Å². The molecule has 0 fully saturated rings. The second-order valence-corrected chi connectivity index (χ2v) is 3.75. The van der Waals surface area contributed by atoms with Gasteiger partial charge < -0.3 is 16.0 Å². The molecule has 0 aliphatic rings. The molecule has 1 rings (SSSR count). The number of nitrogen functional groups attached to an aromatic ring is 1. The average molecular weight is 214 g/mol. The van der Waals surface area contributed by atoms with Crippen molar-refractivity contribution in [1.29, 1.82) is 0 Å². The van der Waals surface area contributed by atoms with Crippen LogP contribution in [-0.4, -0.2) is 28.5 Å². The van der Waals surface area contributed by atoms with Gasteiger partial charge in [0, 0.05) is 6.54 Å². The molecule has 0 unspecified atom stereocenters. The Balaban J connectivity index is 2.51. The van der Waals surface area contributed by atoms with Crippen LogP contribution in [0.15, 0.2) is 11.1 Å². The summed E-state index contributed by atoms with van der Waals surface area (Å²) in [6.07, 6.45) is 4.42. The molecule has 5 nitrogen and oxygen atoms in total. The van der Waals surface area contributed by atoms with Gasteiger partial charge in [0.25, 0.3) is 5.56 Å². The van der Waals surface area contributed by atoms with Gasteiger partial charge in [-0.05, 0) is 18.4 Å². The van der Waals surface area contributed by atoms with Crippen molar-refractivity contribution in [2.45, 2.75) is 6.42 Å². The van der Waals surface area contributed by atoms with Gasteiger partial charge in [0.1, 0.15) is 5.69 Å². The fourth-order valence-corrected chi connectivity index (χ4v) is 1.41. The highest BCUT2D eigenvalue weighted by Gasteiger charge is 2.02. The van der Waals surface area contributed by atoms with Crippen molar-refractivity contribution in [3.63, 3.8) is 0 Å². The van der Waals surface area contributed by atoms with Crippen LogP contribution in [0, 0.1) is 0 Å². The zero-order valence-electron chi connectivity index (χ0n) is 8.04. The van der Waals surface area contributed by atoms with Gasteiger partial charge in [0.05, 0.1) is 6.33 Å². The number of aromatic nitrogens is 2. The second-order valence-electron chi connectivity index (χ2n) is 2.77. The molecule has 0 saturated carbocycles. The second kappa shape index (κ2) is 5.54. The van der Waals surface area contributed by atoms with Gasteiger partial charge in [-0.2, -0.15) is 11.8 Å². The number of nitrogens with one attached hydrogen (secondary N) is 2. The molecule has 1 heterocycles. The molecule has 0 saturated heterocycles. The summed E-state index contributed by atoms with van der Waals surface area (Å²) in [7, 11) is 0. The third-order valence-corrected chi connectivity index (χ3v) is 2.40. The van der Waals surface area contributed by atoms with Crippen LogP contribution < -0.4 is 16.6 Å². The minimum absolute atomic E-state index is 0.150. The molecule has 6 heteroatoms. The Morgan fingerprint density at radius 3 is 3.21 bits per heavy atom. The molecule has 0 aliphatic carbocycles. The Labute approximate surface area is 86.5 Å². The van der Waals surface area contributed by atoms with E-state index >= 15 is 0 Å². The number of nitrogens with zero attached hydrogens (tertiary/aromatic N) is 1. The number of aromatic amines is 1. The van der Waals surface area contributed by atoms with Gasteiger partial charge in [-0.1, -0.05) is 0 Å². The highest BCUT2D eigenvalue weighted by Crippen LogP contribution is 2.07. The summed E-state index contributed by atoms with van der Waals surface area (Å²) in [5, 5.41) is 3.02. The molecule has 0 radical (unpaired) electrons. The Morgan fingerprint density at radius 2 is 2.50 bits per heavy atom. The van der Waals surface area contributed by atoms with Crippen LogP contribution in [0.4, 0.5) is 11.5 Å². The van der Waals surface area contributed by atoms with Crippen LogP contribution in [0.3, 0.4) is 0 Å². The van der Waals surface area contributed by atoms with Crippen LogP contribution in [-0.2, 0) is 0 Å².